The molecule has 9 nitrogen and oxygen atoms in total. The van der Waals surface area contributed by atoms with Gasteiger partial charge in [-0.3, -0.25) is 0 Å². The summed E-state index contributed by atoms with van der Waals surface area (Å²) in [6.07, 6.45) is 0. The first-order valence-electron chi connectivity index (χ1n) is 9.27. The quantitative estimate of drug-likeness (QED) is 0.542. The van der Waals surface area contributed by atoms with Crippen LogP contribution in [0.25, 0.3) is 22.4 Å². The molecule has 1 aliphatic rings. The van der Waals surface area contributed by atoms with E-state index in [0.717, 1.165) is 40.6 Å². The number of carbonyl (C=O) groups excluding carboxylic acids is 1. The number of hydrogen-bond acceptors (Lipinski definition) is 7. The van der Waals surface area contributed by atoms with Crippen LogP contribution in [-0.4, -0.2) is 61.9 Å². The molecule has 0 aliphatic carbocycles. The van der Waals surface area contributed by atoms with Crippen LogP contribution >= 0.6 is 11.5 Å². The molecule has 0 spiro atoms. The Balaban J connectivity index is 1.20. The van der Waals surface area contributed by atoms with Crippen molar-refractivity contribution in [1.29, 1.82) is 0 Å². The van der Waals surface area contributed by atoms with Crippen LogP contribution < -0.4 is 10.2 Å². The Morgan fingerprint density at radius 1 is 1.00 bits per heavy atom. The molecule has 2 amide bonds. The molecule has 0 bridgehead atoms. The highest BCUT2D eigenvalue weighted by Crippen LogP contribution is 2.25. The lowest BCUT2D eigenvalue weighted by Gasteiger charge is -2.34. The molecular formula is C19H18N8OS. The van der Waals surface area contributed by atoms with Gasteiger partial charge in [-0.15, -0.1) is 0 Å². The number of rotatable bonds is 3. The minimum atomic E-state index is -0.116. The van der Waals surface area contributed by atoms with E-state index in [1.54, 1.807) is 6.07 Å². The predicted molar refractivity (Wildman–Crippen MR) is 112 cm³/mol. The Kier molecular flexibility index (Phi) is 4.53. The summed E-state index contributed by atoms with van der Waals surface area (Å²) in [5, 5.41) is 14.5. The van der Waals surface area contributed by atoms with Crippen molar-refractivity contribution in [3.8, 4) is 11.4 Å². The van der Waals surface area contributed by atoms with E-state index >= 15 is 0 Å². The summed E-state index contributed by atoms with van der Waals surface area (Å²) in [6.45, 7) is 2.69. The van der Waals surface area contributed by atoms with Crippen molar-refractivity contribution in [1.82, 2.24) is 29.7 Å². The third kappa shape index (κ3) is 3.61. The summed E-state index contributed by atoms with van der Waals surface area (Å²) in [7, 11) is 0. The summed E-state index contributed by atoms with van der Waals surface area (Å²) in [4.78, 5) is 21.2. The number of piperazine rings is 1. The maximum atomic E-state index is 12.6. The number of amides is 2. The van der Waals surface area contributed by atoms with Crippen molar-refractivity contribution >= 4 is 39.4 Å². The molecule has 4 aromatic rings. The molecule has 0 saturated carbocycles. The van der Waals surface area contributed by atoms with E-state index in [1.807, 2.05) is 47.4 Å². The Morgan fingerprint density at radius 2 is 1.79 bits per heavy atom. The highest BCUT2D eigenvalue weighted by molar-refractivity contribution is 7.09. The molecule has 0 unspecified atom stereocenters. The second-order valence-corrected chi connectivity index (χ2v) is 7.43. The minimum Gasteiger partial charge on any atom is -0.343 e. The first-order valence-corrected chi connectivity index (χ1v) is 10.0. The summed E-state index contributed by atoms with van der Waals surface area (Å²) >= 11 is 1.40. The van der Waals surface area contributed by atoms with Crippen LogP contribution in [-0.2, 0) is 0 Å². The summed E-state index contributed by atoms with van der Waals surface area (Å²) < 4.78 is 4.47. The Morgan fingerprint density at radius 3 is 2.62 bits per heavy atom. The molecule has 2 aromatic heterocycles. The van der Waals surface area contributed by atoms with Crippen LogP contribution in [0.4, 0.5) is 15.6 Å². The van der Waals surface area contributed by atoms with Crippen LogP contribution in [0.2, 0.25) is 0 Å². The topological polar surface area (TPSA) is 103 Å². The van der Waals surface area contributed by atoms with E-state index in [1.165, 1.54) is 11.5 Å². The average molecular weight is 406 g/mol. The SMILES string of the molecule is O=C(Nc1ccc2n[nH]nc2c1)N1CCN(c2nc(-c3ccccc3)ns2)CC1. The second kappa shape index (κ2) is 7.47. The second-order valence-electron chi connectivity index (χ2n) is 6.70. The van der Waals surface area contributed by atoms with Gasteiger partial charge in [0.25, 0.3) is 0 Å². The van der Waals surface area contributed by atoms with Crippen molar-refractivity contribution in [2.45, 2.75) is 0 Å². The summed E-state index contributed by atoms with van der Waals surface area (Å²) in [6, 6.07) is 15.3. The number of H-pyrrole nitrogens is 1. The van der Waals surface area contributed by atoms with Gasteiger partial charge in [-0.25, -0.2) is 4.79 Å². The largest absolute Gasteiger partial charge is 0.343 e. The van der Waals surface area contributed by atoms with Gasteiger partial charge in [0.15, 0.2) is 5.82 Å². The van der Waals surface area contributed by atoms with Crippen molar-refractivity contribution in [3.05, 3.63) is 48.5 Å². The first-order chi connectivity index (χ1) is 14.3. The molecule has 10 heteroatoms. The van der Waals surface area contributed by atoms with E-state index in [0.29, 0.717) is 18.8 Å². The summed E-state index contributed by atoms with van der Waals surface area (Å²) in [5.74, 6) is 0.744. The van der Waals surface area contributed by atoms with Crippen molar-refractivity contribution < 1.29 is 4.79 Å². The molecule has 146 valence electrons. The van der Waals surface area contributed by atoms with E-state index < -0.39 is 0 Å². The van der Waals surface area contributed by atoms with Gasteiger partial charge >= 0.3 is 6.03 Å². The van der Waals surface area contributed by atoms with E-state index in [4.69, 9.17) is 0 Å². The molecule has 2 N–H and O–H groups in total. The number of fused-ring (bicyclic) bond motifs is 1. The number of benzene rings is 2. The van der Waals surface area contributed by atoms with Crippen LogP contribution in [0.5, 0.6) is 0 Å². The third-order valence-corrected chi connectivity index (χ3v) is 5.63. The van der Waals surface area contributed by atoms with Crippen molar-refractivity contribution in [3.63, 3.8) is 0 Å². The van der Waals surface area contributed by atoms with Gasteiger partial charge in [0, 0.05) is 49.0 Å². The number of carbonyl (C=O) groups is 1. The molecule has 3 heterocycles. The van der Waals surface area contributed by atoms with Gasteiger partial charge in [-0.2, -0.15) is 24.8 Å². The highest BCUT2D eigenvalue weighted by Gasteiger charge is 2.23. The number of nitrogens with zero attached hydrogens (tertiary/aromatic N) is 6. The zero-order valence-electron chi connectivity index (χ0n) is 15.4. The molecule has 1 fully saturated rings. The van der Waals surface area contributed by atoms with Crippen molar-refractivity contribution in [2.75, 3.05) is 36.4 Å². The van der Waals surface area contributed by atoms with Gasteiger partial charge in [0.1, 0.15) is 11.0 Å². The van der Waals surface area contributed by atoms with E-state index in [-0.39, 0.29) is 6.03 Å². The number of aromatic amines is 1. The number of aromatic nitrogens is 5. The standard InChI is InChI=1S/C19H18N8OS/c28-18(20-14-6-7-15-16(12-14)23-25-22-15)26-8-10-27(11-9-26)19-21-17(24-29-19)13-4-2-1-3-5-13/h1-7,12H,8-11H2,(H,20,28)(H,22,23,25). The minimum absolute atomic E-state index is 0.116. The Bertz CT molecular complexity index is 1130. The van der Waals surface area contributed by atoms with Crippen LogP contribution in [0.1, 0.15) is 0 Å². The maximum Gasteiger partial charge on any atom is 0.321 e. The lowest BCUT2D eigenvalue weighted by atomic mass is 10.2. The van der Waals surface area contributed by atoms with Gasteiger partial charge in [-0.1, -0.05) is 30.3 Å². The van der Waals surface area contributed by atoms with Crippen molar-refractivity contribution in [2.24, 2.45) is 0 Å². The Labute approximate surface area is 170 Å². The Hall–Kier alpha value is -3.53. The smallest absolute Gasteiger partial charge is 0.321 e. The lowest BCUT2D eigenvalue weighted by Crippen LogP contribution is -2.50. The molecular weight excluding hydrogens is 388 g/mol. The van der Waals surface area contributed by atoms with Gasteiger partial charge < -0.3 is 15.1 Å². The van der Waals surface area contributed by atoms with Gasteiger partial charge in [0.2, 0.25) is 5.13 Å². The van der Waals surface area contributed by atoms with Gasteiger partial charge in [0.05, 0.1) is 0 Å². The normalized spacial score (nSPS) is 14.3. The molecule has 5 rings (SSSR count). The predicted octanol–water partition coefficient (Wildman–Crippen LogP) is 2.83. The molecule has 1 aliphatic heterocycles. The first kappa shape index (κ1) is 17.6. The molecule has 29 heavy (non-hydrogen) atoms. The summed E-state index contributed by atoms with van der Waals surface area (Å²) in [5.41, 5.74) is 3.20. The van der Waals surface area contributed by atoms with E-state index in [2.05, 4.69) is 35.0 Å². The zero-order valence-corrected chi connectivity index (χ0v) is 16.3. The number of urea groups is 1. The fourth-order valence-corrected chi connectivity index (χ4v) is 4.01. The van der Waals surface area contributed by atoms with Crippen LogP contribution in [0.3, 0.4) is 0 Å². The van der Waals surface area contributed by atoms with Crippen LogP contribution in [0, 0.1) is 0 Å². The number of hydrogen-bond donors (Lipinski definition) is 2. The molecule has 1 saturated heterocycles. The monoisotopic (exact) mass is 406 g/mol. The molecule has 0 radical (unpaired) electrons. The highest BCUT2D eigenvalue weighted by atomic mass is 32.1. The molecule has 0 atom stereocenters. The number of nitrogens with one attached hydrogen (secondary N) is 2. The average Bonchev–Trinajstić information content (AvgIpc) is 3.44. The fourth-order valence-electron chi connectivity index (χ4n) is 3.27. The molecule has 2 aromatic carbocycles. The maximum absolute atomic E-state index is 12.6. The zero-order chi connectivity index (χ0) is 19.6. The lowest BCUT2D eigenvalue weighted by molar-refractivity contribution is 0.208. The van der Waals surface area contributed by atoms with Gasteiger partial charge in [-0.05, 0) is 18.2 Å². The number of anilines is 2. The van der Waals surface area contributed by atoms with E-state index in [9.17, 15) is 4.79 Å². The third-order valence-electron chi connectivity index (χ3n) is 4.85. The fraction of sp³-hybridized carbons (Fsp3) is 0.211. The van der Waals surface area contributed by atoms with Crippen LogP contribution in [0.15, 0.2) is 48.5 Å².